The van der Waals surface area contributed by atoms with Crippen LogP contribution in [0.5, 0.6) is 0 Å². The van der Waals surface area contributed by atoms with Gasteiger partial charge in [0.2, 0.25) is 0 Å². The highest BCUT2D eigenvalue weighted by molar-refractivity contribution is 6.08. The van der Waals surface area contributed by atoms with Crippen LogP contribution in [0.25, 0.3) is 11.1 Å². The Morgan fingerprint density at radius 1 is 0.878 bits per heavy atom. The lowest BCUT2D eigenvalue weighted by atomic mass is 10.0. The van der Waals surface area contributed by atoms with E-state index in [4.69, 9.17) is 9.47 Å². The maximum Gasteiger partial charge on any atom is 0.331 e. The molecule has 218 valence electrons. The predicted molar refractivity (Wildman–Crippen MR) is 159 cm³/mol. The van der Waals surface area contributed by atoms with E-state index in [0.29, 0.717) is 16.8 Å². The summed E-state index contributed by atoms with van der Waals surface area (Å²) in [6.07, 6.45) is -0.717. The van der Waals surface area contributed by atoms with Crippen LogP contribution in [0.3, 0.4) is 0 Å². The van der Waals surface area contributed by atoms with Crippen LogP contribution in [0.1, 0.15) is 54.7 Å². The maximum absolute atomic E-state index is 14.0. The Hall–Kier alpha value is -4.24. The standard InChI is InChI=1S/C32H38FN3O5/c1-18-14-19(2)27(20(3)15-18)36-31(39)34-26-17-23(22-10-9-11-24(33)16-22)12-13-25(26)29(37)35-28(30(38)40-8)21(4)41-32(5,6)7/h9-17,21,28H,1-8H3,(H,35,37)(H2,34,36,39)/t21-,28+/m1/s1. The second kappa shape index (κ2) is 13.0. The van der Waals surface area contributed by atoms with E-state index in [9.17, 15) is 18.8 Å². The van der Waals surface area contributed by atoms with Gasteiger partial charge in [0.15, 0.2) is 6.04 Å². The van der Waals surface area contributed by atoms with Crippen molar-refractivity contribution in [3.63, 3.8) is 0 Å². The average molecular weight is 564 g/mol. The van der Waals surface area contributed by atoms with Gasteiger partial charge in [0.05, 0.1) is 30.1 Å². The molecule has 0 unspecified atom stereocenters. The molecule has 8 nitrogen and oxygen atoms in total. The number of urea groups is 1. The van der Waals surface area contributed by atoms with Gasteiger partial charge < -0.3 is 25.4 Å². The fourth-order valence-electron chi connectivity index (χ4n) is 4.68. The molecular formula is C32H38FN3O5. The molecule has 3 rings (SSSR count). The molecule has 0 heterocycles. The van der Waals surface area contributed by atoms with Gasteiger partial charge in [0.25, 0.3) is 5.91 Å². The van der Waals surface area contributed by atoms with Gasteiger partial charge in [0, 0.05) is 5.69 Å². The van der Waals surface area contributed by atoms with Gasteiger partial charge in [-0.05, 0) is 95.0 Å². The first-order valence-corrected chi connectivity index (χ1v) is 13.3. The van der Waals surface area contributed by atoms with Crippen molar-refractivity contribution in [1.82, 2.24) is 5.32 Å². The molecule has 0 aliphatic carbocycles. The molecule has 3 N–H and O–H groups in total. The molecule has 0 aromatic heterocycles. The van der Waals surface area contributed by atoms with E-state index in [-0.39, 0.29) is 11.3 Å². The molecule has 0 saturated carbocycles. The van der Waals surface area contributed by atoms with Gasteiger partial charge in [-0.25, -0.2) is 14.0 Å². The number of hydrogen-bond acceptors (Lipinski definition) is 5. The summed E-state index contributed by atoms with van der Waals surface area (Å²) in [6.45, 7) is 12.9. The summed E-state index contributed by atoms with van der Waals surface area (Å²) in [5, 5.41) is 8.32. The van der Waals surface area contributed by atoms with Gasteiger partial charge in [-0.15, -0.1) is 0 Å². The van der Waals surface area contributed by atoms with E-state index >= 15 is 0 Å². The molecule has 41 heavy (non-hydrogen) atoms. The molecule has 0 fully saturated rings. The van der Waals surface area contributed by atoms with Gasteiger partial charge in [-0.3, -0.25) is 4.79 Å². The topological polar surface area (TPSA) is 106 Å². The summed E-state index contributed by atoms with van der Waals surface area (Å²) in [4.78, 5) is 39.3. The van der Waals surface area contributed by atoms with Crippen LogP contribution in [-0.4, -0.2) is 42.8 Å². The molecule has 0 spiro atoms. The number of ether oxygens (including phenoxy) is 2. The van der Waals surface area contributed by atoms with Crippen molar-refractivity contribution < 1.29 is 28.2 Å². The van der Waals surface area contributed by atoms with Crippen molar-refractivity contribution in [2.45, 2.75) is 66.2 Å². The van der Waals surface area contributed by atoms with Crippen molar-refractivity contribution in [3.8, 4) is 11.1 Å². The molecule has 0 bridgehead atoms. The lowest BCUT2D eigenvalue weighted by Crippen LogP contribution is -2.51. The number of aryl methyl sites for hydroxylation is 3. The summed E-state index contributed by atoms with van der Waals surface area (Å²) in [7, 11) is 1.23. The second-order valence-electron chi connectivity index (χ2n) is 11.0. The number of halogens is 1. The van der Waals surface area contributed by atoms with E-state index < -0.39 is 41.5 Å². The number of rotatable bonds is 8. The summed E-state index contributed by atoms with van der Waals surface area (Å²) in [5.41, 5.74) is 4.30. The molecule has 3 amide bonds. The number of benzene rings is 3. The smallest absolute Gasteiger partial charge is 0.331 e. The molecular weight excluding hydrogens is 525 g/mol. The molecule has 0 aliphatic heterocycles. The Labute approximate surface area is 240 Å². The second-order valence-corrected chi connectivity index (χ2v) is 11.0. The summed E-state index contributed by atoms with van der Waals surface area (Å²) >= 11 is 0. The zero-order valence-electron chi connectivity index (χ0n) is 24.8. The fraction of sp³-hybridized carbons (Fsp3) is 0.344. The number of carbonyl (C=O) groups is 3. The Bertz CT molecular complexity index is 1420. The molecule has 9 heteroatoms. The number of carbonyl (C=O) groups excluding carboxylic acids is 3. The van der Waals surface area contributed by atoms with Gasteiger partial charge in [-0.2, -0.15) is 0 Å². The predicted octanol–water partition coefficient (Wildman–Crippen LogP) is 6.54. The van der Waals surface area contributed by atoms with Crippen molar-refractivity contribution >= 4 is 29.3 Å². The lowest BCUT2D eigenvalue weighted by molar-refractivity contribution is -0.150. The van der Waals surface area contributed by atoms with Crippen molar-refractivity contribution in [2.24, 2.45) is 0 Å². The van der Waals surface area contributed by atoms with E-state index in [0.717, 1.165) is 16.7 Å². The maximum atomic E-state index is 14.0. The zero-order valence-corrected chi connectivity index (χ0v) is 24.8. The summed E-state index contributed by atoms with van der Waals surface area (Å²) < 4.78 is 24.8. The highest BCUT2D eigenvalue weighted by Gasteiger charge is 2.32. The number of esters is 1. The monoisotopic (exact) mass is 563 g/mol. The third kappa shape index (κ3) is 8.38. The van der Waals surface area contributed by atoms with Crippen LogP contribution < -0.4 is 16.0 Å². The Kier molecular flexibility index (Phi) is 9.88. The van der Waals surface area contributed by atoms with Crippen LogP contribution in [0, 0.1) is 26.6 Å². The van der Waals surface area contributed by atoms with Crippen molar-refractivity contribution in [1.29, 1.82) is 0 Å². The van der Waals surface area contributed by atoms with E-state index in [1.807, 2.05) is 53.7 Å². The third-order valence-corrected chi connectivity index (χ3v) is 6.34. The van der Waals surface area contributed by atoms with Crippen LogP contribution in [0.2, 0.25) is 0 Å². The van der Waals surface area contributed by atoms with Crippen LogP contribution in [-0.2, 0) is 14.3 Å². The highest BCUT2D eigenvalue weighted by atomic mass is 19.1. The van der Waals surface area contributed by atoms with Crippen molar-refractivity contribution in [2.75, 3.05) is 17.7 Å². The molecule has 0 saturated heterocycles. The van der Waals surface area contributed by atoms with E-state index in [1.165, 1.54) is 25.3 Å². The van der Waals surface area contributed by atoms with E-state index in [2.05, 4.69) is 16.0 Å². The SMILES string of the molecule is COC(=O)[C@@H](NC(=O)c1ccc(-c2cccc(F)c2)cc1NC(=O)Nc1c(C)cc(C)cc1C)[C@@H](C)OC(C)(C)C. The largest absolute Gasteiger partial charge is 0.467 e. The van der Waals surface area contributed by atoms with Gasteiger partial charge in [0.1, 0.15) is 5.82 Å². The highest BCUT2D eigenvalue weighted by Crippen LogP contribution is 2.28. The Balaban J connectivity index is 1.98. The van der Waals surface area contributed by atoms with Gasteiger partial charge >= 0.3 is 12.0 Å². The average Bonchev–Trinajstić information content (AvgIpc) is 2.87. The lowest BCUT2D eigenvalue weighted by Gasteiger charge is -2.30. The molecule has 3 aromatic carbocycles. The Morgan fingerprint density at radius 2 is 1.51 bits per heavy atom. The molecule has 2 atom stereocenters. The first kappa shape index (κ1) is 31.3. The third-order valence-electron chi connectivity index (χ3n) is 6.34. The molecule has 0 radical (unpaired) electrons. The zero-order chi connectivity index (χ0) is 30.5. The number of anilines is 2. The summed E-state index contributed by atoms with van der Waals surface area (Å²) in [6, 6.07) is 13.0. The van der Waals surface area contributed by atoms with Crippen LogP contribution in [0.4, 0.5) is 20.6 Å². The first-order chi connectivity index (χ1) is 19.2. The van der Waals surface area contributed by atoms with Crippen molar-refractivity contribution in [3.05, 3.63) is 82.7 Å². The Morgan fingerprint density at radius 3 is 2.10 bits per heavy atom. The summed E-state index contributed by atoms with van der Waals surface area (Å²) in [5.74, 6) is -1.73. The molecule has 3 aromatic rings. The number of methoxy groups -OCH3 is 1. The minimum Gasteiger partial charge on any atom is -0.467 e. The minimum absolute atomic E-state index is 0.0921. The fourth-order valence-corrected chi connectivity index (χ4v) is 4.68. The minimum atomic E-state index is -1.12. The normalized spacial score (nSPS) is 12.7. The first-order valence-electron chi connectivity index (χ1n) is 13.3. The van der Waals surface area contributed by atoms with Crippen LogP contribution >= 0.6 is 0 Å². The molecule has 0 aliphatic rings. The number of amides is 3. The van der Waals surface area contributed by atoms with E-state index in [1.54, 1.807) is 31.2 Å². The van der Waals surface area contributed by atoms with Crippen LogP contribution in [0.15, 0.2) is 54.6 Å². The number of hydrogen-bond donors (Lipinski definition) is 3. The quantitative estimate of drug-likeness (QED) is 0.270. The van der Waals surface area contributed by atoms with Gasteiger partial charge in [-0.1, -0.05) is 35.9 Å². The number of nitrogens with one attached hydrogen (secondary N) is 3.